The Morgan fingerprint density at radius 3 is 2.76 bits per heavy atom. The molecule has 29 heavy (non-hydrogen) atoms. The summed E-state index contributed by atoms with van der Waals surface area (Å²) in [7, 11) is 0. The summed E-state index contributed by atoms with van der Waals surface area (Å²) >= 11 is 0.913. The largest absolute Gasteiger partial charge is 0.417 e. The van der Waals surface area contributed by atoms with E-state index < -0.39 is 17.6 Å². The molecule has 0 aliphatic heterocycles. The first-order valence-electron chi connectivity index (χ1n) is 9.34. The Hall–Kier alpha value is -2.68. The number of thiophene rings is 1. The van der Waals surface area contributed by atoms with Crippen LogP contribution in [0.4, 0.5) is 18.9 Å². The molecule has 9 heteroatoms. The number of halogens is 3. The van der Waals surface area contributed by atoms with Gasteiger partial charge in [0.1, 0.15) is 9.71 Å². The number of amides is 1. The summed E-state index contributed by atoms with van der Waals surface area (Å²) in [5.74, 6) is -0.516. The van der Waals surface area contributed by atoms with Gasteiger partial charge in [0.2, 0.25) is 0 Å². The van der Waals surface area contributed by atoms with Crippen LogP contribution in [-0.4, -0.2) is 15.9 Å². The molecule has 152 valence electrons. The van der Waals surface area contributed by atoms with Gasteiger partial charge in [-0.05, 0) is 42.9 Å². The maximum Gasteiger partial charge on any atom is 0.417 e. The summed E-state index contributed by atoms with van der Waals surface area (Å²) in [5.41, 5.74) is 6.69. The molecule has 3 N–H and O–H groups in total. The van der Waals surface area contributed by atoms with E-state index in [1.54, 1.807) is 24.5 Å². The van der Waals surface area contributed by atoms with E-state index in [1.165, 1.54) is 0 Å². The van der Waals surface area contributed by atoms with E-state index in [-0.39, 0.29) is 32.9 Å². The second-order valence-corrected chi connectivity index (χ2v) is 8.04. The molecule has 0 spiro atoms. The number of carbonyl (C=O) groups excluding carboxylic acids is 1. The van der Waals surface area contributed by atoms with Gasteiger partial charge in [0.15, 0.2) is 0 Å². The fraction of sp³-hybridized carbons (Fsp3) is 0.350. The molecule has 5 nitrogen and oxygen atoms in total. The minimum Gasteiger partial charge on any atom is -0.397 e. The van der Waals surface area contributed by atoms with Crippen LogP contribution in [0.25, 0.3) is 10.2 Å². The number of fused-ring (bicyclic) bond motifs is 2. The van der Waals surface area contributed by atoms with Crippen molar-refractivity contribution in [3.8, 4) is 0 Å². The number of carbonyl (C=O) groups is 1. The second-order valence-electron chi connectivity index (χ2n) is 7.04. The van der Waals surface area contributed by atoms with Crippen molar-refractivity contribution in [3.05, 3.63) is 51.8 Å². The van der Waals surface area contributed by atoms with Gasteiger partial charge < -0.3 is 11.1 Å². The lowest BCUT2D eigenvalue weighted by Gasteiger charge is -2.16. The van der Waals surface area contributed by atoms with Crippen molar-refractivity contribution >= 4 is 33.1 Å². The van der Waals surface area contributed by atoms with Crippen LogP contribution >= 0.6 is 11.3 Å². The molecule has 0 saturated carbocycles. The van der Waals surface area contributed by atoms with E-state index in [2.05, 4.69) is 15.3 Å². The summed E-state index contributed by atoms with van der Waals surface area (Å²) in [4.78, 5) is 21.3. The van der Waals surface area contributed by atoms with E-state index in [0.29, 0.717) is 25.0 Å². The molecule has 0 fully saturated rings. The SMILES string of the molecule is Nc1c(C(=O)NCc2cccnc2)sc2nc3c(c(C(F)(F)F)c12)CCCCC3. The minimum atomic E-state index is -4.56. The number of nitrogens with two attached hydrogens (primary N) is 1. The minimum absolute atomic E-state index is 0.0575. The predicted molar refractivity (Wildman–Crippen MR) is 106 cm³/mol. The topological polar surface area (TPSA) is 80.9 Å². The molecular formula is C20H19F3N4OS. The van der Waals surface area contributed by atoms with Crippen LogP contribution in [0.5, 0.6) is 0 Å². The molecule has 3 aromatic rings. The van der Waals surface area contributed by atoms with Crippen LogP contribution in [-0.2, 0) is 25.6 Å². The highest BCUT2D eigenvalue weighted by Crippen LogP contribution is 2.45. The average Bonchev–Trinajstić information content (AvgIpc) is 2.86. The number of aromatic nitrogens is 2. The summed E-state index contributed by atoms with van der Waals surface area (Å²) in [5, 5.41) is 2.55. The van der Waals surface area contributed by atoms with E-state index in [0.717, 1.165) is 29.7 Å². The molecule has 4 rings (SSSR count). The number of hydrogen-bond donors (Lipinski definition) is 2. The lowest BCUT2D eigenvalue weighted by atomic mass is 9.98. The molecular weight excluding hydrogens is 401 g/mol. The van der Waals surface area contributed by atoms with Crippen LogP contribution in [0.15, 0.2) is 24.5 Å². The molecule has 0 radical (unpaired) electrons. The highest BCUT2D eigenvalue weighted by atomic mass is 32.1. The number of nitrogen functional groups attached to an aromatic ring is 1. The van der Waals surface area contributed by atoms with Gasteiger partial charge in [-0.1, -0.05) is 12.5 Å². The van der Waals surface area contributed by atoms with Gasteiger partial charge in [0.05, 0.1) is 11.3 Å². The monoisotopic (exact) mass is 420 g/mol. The molecule has 0 saturated heterocycles. The zero-order valence-electron chi connectivity index (χ0n) is 15.5. The van der Waals surface area contributed by atoms with E-state index in [9.17, 15) is 18.0 Å². The van der Waals surface area contributed by atoms with E-state index >= 15 is 0 Å². The number of anilines is 1. The van der Waals surface area contributed by atoms with Gasteiger partial charge >= 0.3 is 6.18 Å². The third-order valence-corrected chi connectivity index (χ3v) is 6.17. The summed E-state index contributed by atoms with van der Waals surface area (Å²) in [6, 6.07) is 3.53. The Balaban J connectivity index is 1.77. The lowest BCUT2D eigenvalue weighted by molar-refractivity contribution is -0.136. The fourth-order valence-corrected chi connectivity index (χ4v) is 4.77. The molecule has 0 aromatic carbocycles. The second kappa shape index (κ2) is 7.62. The van der Waals surface area contributed by atoms with E-state index in [4.69, 9.17) is 5.73 Å². The molecule has 1 amide bonds. The van der Waals surface area contributed by atoms with Crippen LogP contribution in [0.2, 0.25) is 0 Å². The Labute approximate surface area is 169 Å². The van der Waals surface area contributed by atoms with Gasteiger partial charge in [-0.25, -0.2) is 4.98 Å². The maximum absolute atomic E-state index is 14.0. The first-order chi connectivity index (χ1) is 13.9. The summed E-state index contributed by atoms with van der Waals surface area (Å²) in [6.07, 6.45) is 1.86. The van der Waals surface area contributed by atoms with Gasteiger partial charge in [-0.2, -0.15) is 13.2 Å². The third-order valence-electron chi connectivity index (χ3n) is 5.07. The molecule has 3 heterocycles. The quantitative estimate of drug-likeness (QED) is 0.612. The third kappa shape index (κ3) is 3.78. The van der Waals surface area contributed by atoms with Gasteiger partial charge in [-0.3, -0.25) is 9.78 Å². The number of aryl methyl sites for hydroxylation is 1. The average molecular weight is 420 g/mol. The highest BCUT2D eigenvalue weighted by molar-refractivity contribution is 7.21. The zero-order chi connectivity index (χ0) is 20.6. The summed E-state index contributed by atoms with van der Waals surface area (Å²) in [6.45, 7) is 0.205. The number of alkyl halides is 3. The number of nitrogens with zero attached hydrogens (tertiary/aromatic N) is 2. The van der Waals surface area contributed by atoms with Crippen molar-refractivity contribution in [3.63, 3.8) is 0 Å². The van der Waals surface area contributed by atoms with Crippen molar-refractivity contribution in [2.45, 2.75) is 44.8 Å². The predicted octanol–water partition coefficient (Wildman–Crippen LogP) is 4.49. The number of pyridine rings is 2. The Morgan fingerprint density at radius 1 is 1.24 bits per heavy atom. The smallest absolute Gasteiger partial charge is 0.397 e. The van der Waals surface area contributed by atoms with Crippen LogP contribution < -0.4 is 11.1 Å². The Kier molecular flexibility index (Phi) is 5.16. The van der Waals surface area contributed by atoms with Crippen molar-refractivity contribution in [2.24, 2.45) is 0 Å². The Morgan fingerprint density at radius 2 is 2.03 bits per heavy atom. The highest BCUT2D eigenvalue weighted by Gasteiger charge is 2.39. The first-order valence-corrected chi connectivity index (χ1v) is 10.2. The number of rotatable bonds is 3. The van der Waals surface area contributed by atoms with Crippen molar-refractivity contribution in [1.82, 2.24) is 15.3 Å². The maximum atomic E-state index is 14.0. The van der Waals surface area contributed by atoms with Gasteiger partial charge in [0, 0.05) is 30.0 Å². The zero-order valence-corrected chi connectivity index (χ0v) is 16.3. The van der Waals surface area contributed by atoms with Crippen LogP contribution in [0.3, 0.4) is 0 Å². The van der Waals surface area contributed by atoms with Crippen LogP contribution in [0, 0.1) is 0 Å². The molecule has 0 bridgehead atoms. The number of nitrogens with one attached hydrogen (secondary N) is 1. The van der Waals surface area contributed by atoms with Crippen molar-refractivity contribution in [2.75, 3.05) is 5.73 Å². The normalized spacial score (nSPS) is 14.4. The molecule has 3 aromatic heterocycles. The van der Waals surface area contributed by atoms with Crippen molar-refractivity contribution < 1.29 is 18.0 Å². The summed E-state index contributed by atoms with van der Waals surface area (Å²) < 4.78 is 42.0. The molecule has 1 aliphatic carbocycles. The molecule has 0 unspecified atom stereocenters. The van der Waals surface area contributed by atoms with Crippen molar-refractivity contribution in [1.29, 1.82) is 0 Å². The molecule has 0 atom stereocenters. The lowest BCUT2D eigenvalue weighted by Crippen LogP contribution is -2.22. The fourth-order valence-electron chi connectivity index (χ4n) is 3.73. The number of hydrogen-bond acceptors (Lipinski definition) is 5. The first kappa shape index (κ1) is 19.6. The standard InChI is InChI=1S/C20H19F3N4OS/c21-20(22,23)15-12-6-2-1-3-7-13(12)27-19-14(15)16(24)17(29-19)18(28)26-10-11-5-4-8-25-9-11/h4-5,8-9H,1-3,6-7,10,24H2,(H,26,28). The van der Waals surface area contributed by atoms with Crippen LogP contribution in [0.1, 0.15) is 51.3 Å². The van der Waals surface area contributed by atoms with Gasteiger partial charge in [-0.15, -0.1) is 11.3 Å². The van der Waals surface area contributed by atoms with E-state index in [1.807, 2.05) is 0 Å². The Bertz CT molecular complexity index is 1060. The van der Waals surface area contributed by atoms with Gasteiger partial charge in [0.25, 0.3) is 5.91 Å². The molecule has 1 aliphatic rings.